The Morgan fingerprint density at radius 3 is 2.30 bits per heavy atom. The molecule has 10 heavy (non-hydrogen) atoms. The Hall–Kier alpha value is -0.650. The van der Waals surface area contributed by atoms with Gasteiger partial charge < -0.3 is 15.3 Å². The number of β-amino-alcohol motifs (C(OH)–C–C–N with tert-alkyl or cyclic N) is 1. The number of aliphatic hydroxyl groups excluding tert-OH is 2. The molecule has 0 aliphatic carbocycles. The van der Waals surface area contributed by atoms with Gasteiger partial charge in [0.05, 0.1) is 6.10 Å². The van der Waals surface area contributed by atoms with Crippen molar-refractivity contribution in [2.45, 2.75) is 18.2 Å². The fourth-order valence-electron chi connectivity index (χ4n) is 0.945. The predicted molar refractivity (Wildman–Crippen MR) is 31.4 cm³/mol. The summed E-state index contributed by atoms with van der Waals surface area (Å²) in [6.45, 7) is 0.137. The number of carbonyl (C=O) groups is 1. The van der Waals surface area contributed by atoms with Crippen molar-refractivity contribution in [3.05, 3.63) is 0 Å². The third-order valence-corrected chi connectivity index (χ3v) is 1.55. The van der Waals surface area contributed by atoms with Crippen molar-refractivity contribution in [2.24, 2.45) is 0 Å². The molecule has 0 saturated carbocycles. The second kappa shape index (κ2) is 2.53. The highest BCUT2D eigenvalue weighted by atomic mass is 16.4. The highest BCUT2D eigenvalue weighted by Gasteiger charge is 2.37. The van der Waals surface area contributed by atoms with Crippen LogP contribution in [0, 0.1) is 0 Å². The summed E-state index contributed by atoms with van der Waals surface area (Å²) < 4.78 is 0. The van der Waals surface area contributed by atoms with E-state index in [2.05, 4.69) is 5.32 Å². The maximum atomic E-state index is 10.2. The summed E-state index contributed by atoms with van der Waals surface area (Å²) in [5.41, 5.74) is 0. The van der Waals surface area contributed by atoms with E-state index in [9.17, 15) is 4.79 Å². The average Bonchev–Trinajstić information content (AvgIpc) is 2.14. The fourth-order valence-corrected chi connectivity index (χ4v) is 0.945. The fraction of sp³-hybridized carbons (Fsp3) is 0.800. The molecule has 1 aliphatic rings. The highest BCUT2D eigenvalue weighted by Crippen LogP contribution is 2.06. The molecule has 0 aromatic rings. The Bertz CT molecular complexity index is 149. The first-order chi connectivity index (χ1) is 4.63. The van der Waals surface area contributed by atoms with Gasteiger partial charge in [-0.25, -0.2) is 0 Å². The first-order valence-corrected chi connectivity index (χ1v) is 2.95. The van der Waals surface area contributed by atoms with Gasteiger partial charge in [-0.1, -0.05) is 0 Å². The van der Waals surface area contributed by atoms with Crippen molar-refractivity contribution in [2.75, 3.05) is 6.54 Å². The first-order valence-electron chi connectivity index (χ1n) is 2.95. The molecule has 0 radical (unpaired) electrons. The maximum Gasteiger partial charge on any atom is 0.323 e. The number of aliphatic carboxylic acids is 1. The van der Waals surface area contributed by atoms with Crippen LogP contribution in [0.3, 0.4) is 0 Å². The minimum Gasteiger partial charge on any atom is -0.480 e. The molecule has 0 aromatic carbocycles. The number of nitrogens with one attached hydrogen (secondary N) is 1. The van der Waals surface area contributed by atoms with Crippen LogP contribution in [0.15, 0.2) is 0 Å². The summed E-state index contributed by atoms with van der Waals surface area (Å²) in [4.78, 5) is 10.2. The smallest absolute Gasteiger partial charge is 0.323 e. The van der Waals surface area contributed by atoms with E-state index in [1.165, 1.54) is 0 Å². The van der Waals surface area contributed by atoms with Gasteiger partial charge in [0.25, 0.3) is 0 Å². The molecule has 0 aromatic heterocycles. The molecular weight excluding hydrogens is 138 g/mol. The second-order valence-electron chi connectivity index (χ2n) is 2.28. The van der Waals surface area contributed by atoms with E-state index in [-0.39, 0.29) is 6.54 Å². The molecule has 5 nitrogen and oxygen atoms in total. The lowest BCUT2D eigenvalue weighted by Gasteiger charge is -2.09. The minimum absolute atomic E-state index is 0.137. The van der Waals surface area contributed by atoms with Crippen LogP contribution in [0.4, 0.5) is 0 Å². The lowest BCUT2D eigenvalue weighted by atomic mass is 10.1. The number of hydrogen-bond donors (Lipinski definition) is 4. The van der Waals surface area contributed by atoms with Gasteiger partial charge in [-0.2, -0.15) is 0 Å². The van der Waals surface area contributed by atoms with E-state index in [4.69, 9.17) is 15.3 Å². The van der Waals surface area contributed by atoms with Gasteiger partial charge in [0, 0.05) is 6.54 Å². The van der Waals surface area contributed by atoms with Crippen LogP contribution in [0.5, 0.6) is 0 Å². The molecule has 1 fully saturated rings. The number of rotatable bonds is 1. The zero-order valence-corrected chi connectivity index (χ0v) is 5.19. The molecule has 1 rings (SSSR count). The quantitative estimate of drug-likeness (QED) is 0.337. The summed E-state index contributed by atoms with van der Waals surface area (Å²) in [6, 6.07) is -1.02. The van der Waals surface area contributed by atoms with E-state index < -0.39 is 24.2 Å². The molecule has 1 unspecified atom stereocenters. The van der Waals surface area contributed by atoms with Gasteiger partial charge in [-0.3, -0.25) is 10.1 Å². The van der Waals surface area contributed by atoms with Crippen LogP contribution in [-0.2, 0) is 4.79 Å². The third-order valence-electron chi connectivity index (χ3n) is 1.55. The first kappa shape index (κ1) is 7.46. The largest absolute Gasteiger partial charge is 0.480 e. The van der Waals surface area contributed by atoms with Gasteiger partial charge in [0.15, 0.2) is 0 Å². The van der Waals surface area contributed by atoms with Crippen LogP contribution in [0.1, 0.15) is 0 Å². The molecule has 0 bridgehead atoms. The zero-order valence-electron chi connectivity index (χ0n) is 5.19. The van der Waals surface area contributed by atoms with Gasteiger partial charge in [-0.15, -0.1) is 0 Å². The molecule has 1 saturated heterocycles. The standard InChI is InChI=1S/C5H9NO4/c7-2-1-6-3(4(2)8)5(9)10/h2-4,6-8H,1H2,(H,9,10)/t2-,3+,4?/m1/s1. The van der Waals surface area contributed by atoms with Crippen molar-refractivity contribution < 1.29 is 20.1 Å². The monoisotopic (exact) mass is 147 g/mol. The Morgan fingerprint density at radius 2 is 2.10 bits per heavy atom. The number of carboxylic acid groups (broad SMARTS) is 1. The van der Waals surface area contributed by atoms with Crippen molar-refractivity contribution in [1.82, 2.24) is 5.32 Å². The SMILES string of the molecule is O=C(O)[C@H]1NC[C@@H](O)C1O. The molecule has 58 valence electrons. The van der Waals surface area contributed by atoms with E-state index >= 15 is 0 Å². The Labute approximate surface area is 57.3 Å². The Balaban J connectivity index is 2.57. The number of aliphatic hydroxyl groups is 2. The Kier molecular flexibility index (Phi) is 1.89. The van der Waals surface area contributed by atoms with E-state index in [0.717, 1.165) is 0 Å². The summed E-state index contributed by atoms with van der Waals surface area (Å²) in [6.07, 6.45) is -2.14. The zero-order chi connectivity index (χ0) is 7.72. The third kappa shape index (κ3) is 1.11. The van der Waals surface area contributed by atoms with Crippen LogP contribution in [0.2, 0.25) is 0 Å². The second-order valence-corrected chi connectivity index (χ2v) is 2.28. The summed E-state index contributed by atoms with van der Waals surface area (Å²) in [7, 11) is 0. The lowest BCUT2D eigenvalue weighted by molar-refractivity contribution is -0.142. The van der Waals surface area contributed by atoms with Crippen LogP contribution >= 0.6 is 0 Å². The van der Waals surface area contributed by atoms with Crippen LogP contribution in [-0.4, -0.2) is 46.1 Å². The topological polar surface area (TPSA) is 89.8 Å². The van der Waals surface area contributed by atoms with E-state index in [1.54, 1.807) is 0 Å². The van der Waals surface area contributed by atoms with Gasteiger partial charge >= 0.3 is 5.97 Å². The minimum atomic E-state index is -1.18. The highest BCUT2D eigenvalue weighted by molar-refractivity contribution is 5.74. The molecule has 0 amide bonds. The van der Waals surface area contributed by atoms with Crippen LogP contribution < -0.4 is 5.32 Å². The summed E-state index contributed by atoms with van der Waals surface area (Å²) in [5.74, 6) is -1.14. The van der Waals surface area contributed by atoms with Crippen molar-refractivity contribution >= 4 is 5.97 Å². The number of hydrogen-bond acceptors (Lipinski definition) is 4. The molecular formula is C5H9NO4. The molecule has 4 N–H and O–H groups in total. The number of carboxylic acids is 1. The predicted octanol–water partition coefficient (Wildman–Crippen LogP) is -2.24. The average molecular weight is 147 g/mol. The van der Waals surface area contributed by atoms with Gasteiger partial charge in [0.1, 0.15) is 12.1 Å². The summed E-state index contributed by atoms with van der Waals surface area (Å²) >= 11 is 0. The molecule has 0 spiro atoms. The molecule has 3 atom stereocenters. The maximum absolute atomic E-state index is 10.2. The van der Waals surface area contributed by atoms with Gasteiger partial charge in [0.2, 0.25) is 0 Å². The normalized spacial score (nSPS) is 40.0. The molecule has 1 aliphatic heterocycles. The Morgan fingerprint density at radius 1 is 1.50 bits per heavy atom. The lowest BCUT2D eigenvalue weighted by Crippen LogP contribution is -2.39. The summed E-state index contributed by atoms with van der Waals surface area (Å²) in [5, 5.41) is 28.6. The van der Waals surface area contributed by atoms with Crippen molar-refractivity contribution in [3.8, 4) is 0 Å². The van der Waals surface area contributed by atoms with Crippen molar-refractivity contribution in [1.29, 1.82) is 0 Å². The molecule has 5 heteroatoms. The van der Waals surface area contributed by atoms with Crippen LogP contribution in [0.25, 0.3) is 0 Å². The van der Waals surface area contributed by atoms with Gasteiger partial charge in [-0.05, 0) is 0 Å². The van der Waals surface area contributed by atoms with E-state index in [0.29, 0.717) is 0 Å². The van der Waals surface area contributed by atoms with Crippen molar-refractivity contribution in [3.63, 3.8) is 0 Å². The molecule has 1 heterocycles. The van der Waals surface area contributed by atoms with E-state index in [1.807, 2.05) is 0 Å².